The fourth-order valence-corrected chi connectivity index (χ4v) is 3.15. The third-order valence-corrected chi connectivity index (χ3v) is 4.90. The fraction of sp³-hybridized carbons (Fsp3) is 0.167. The maximum absolute atomic E-state index is 12.6. The monoisotopic (exact) mass is 386 g/mol. The molecule has 29 heavy (non-hydrogen) atoms. The molecule has 3 aromatic rings. The number of hydrogen-bond donors (Lipinski definition) is 2. The number of benzene rings is 3. The molecule has 2 N–H and O–H groups in total. The van der Waals surface area contributed by atoms with Gasteiger partial charge in [0.2, 0.25) is 11.8 Å². The zero-order chi connectivity index (χ0) is 20.2. The summed E-state index contributed by atoms with van der Waals surface area (Å²) in [5.74, 6) is 0.328. The SMILES string of the molecule is Cc1ccc(NC(=O)C2CC2C(=O)Nc2ccccc2Oc2ccccc2)cc1. The number of para-hydroxylation sites is 3. The van der Waals surface area contributed by atoms with Crippen LogP contribution in [-0.2, 0) is 9.59 Å². The number of carbonyl (C=O) groups excluding carboxylic acids is 2. The summed E-state index contributed by atoms with van der Waals surface area (Å²) in [5, 5.41) is 5.79. The lowest BCUT2D eigenvalue weighted by Crippen LogP contribution is -2.20. The largest absolute Gasteiger partial charge is 0.455 e. The van der Waals surface area contributed by atoms with Crippen LogP contribution in [0.3, 0.4) is 0 Å². The quantitative estimate of drug-likeness (QED) is 0.626. The van der Waals surface area contributed by atoms with E-state index in [1.807, 2.05) is 73.7 Å². The summed E-state index contributed by atoms with van der Waals surface area (Å²) in [6, 6.07) is 24.3. The van der Waals surface area contributed by atoms with Gasteiger partial charge in [-0.15, -0.1) is 0 Å². The third-order valence-electron chi connectivity index (χ3n) is 4.90. The third kappa shape index (κ3) is 4.63. The van der Waals surface area contributed by atoms with E-state index in [0.717, 1.165) is 11.3 Å². The maximum atomic E-state index is 12.6. The normalized spacial score (nSPS) is 17.3. The number of rotatable bonds is 6. The molecule has 0 radical (unpaired) electrons. The van der Waals surface area contributed by atoms with Crippen LogP contribution in [0.2, 0.25) is 0 Å². The van der Waals surface area contributed by atoms with E-state index in [1.165, 1.54) is 0 Å². The minimum Gasteiger partial charge on any atom is -0.455 e. The Morgan fingerprint density at radius 3 is 2.14 bits per heavy atom. The van der Waals surface area contributed by atoms with Gasteiger partial charge in [0.05, 0.1) is 17.5 Å². The topological polar surface area (TPSA) is 67.4 Å². The molecule has 146 valence electrons. The molecule has 0 saturated heterocycles. The smallest absolute Gasteiger partial charge is 0.228 e. The second-order valence-corrected chi connectivity index (χ2v) is 7.20. The van der Waals surface area contributed by atoms with Crippen molar-refractivity contribution in [1.29, 1.82) is 0 Å². The zero-order valence-corrected chi connectivity index (χ0v) is 16.1. The van der Waals surface area contributed by atoms with E-state index in [1.54, 1.807) is 12.1 Å². The van der Waals surface area contributed by atoms with Gasteiger partial charge in [-0.05, 0) is 49.7 Å². The number of amides is 2. The minimum atomic E-state index is -0.328. The van der Waals surface area contributed by atoms with E-state index in [2.05, 4.69) is 10.6 Å². The van der Waals surface area contributed by atoms with Crippen molar-refractivity contribution in [3.8, 4) is 11.5 Å². The number of aryl methyl sites for hydroxylation is 1. The number of hydrogen-bond acceptors (Lipinski definition) is 3. The van der Waals surface area contributed by atoms with E-state index in [9.17, 15) is 9.59 Å². The number of anilines is 2. The predicted molar refractivity (Wildman–Crippen MR) is 113 cm³/mol. The van der Waals surface area contributed by atoms with Crippen molar-refractivity contribution < 1.29 is 14.3 Å². The van der Waals surface area contributed by atoms with Crippen LogP contribution >= 0.6 is 0 Å². The van der Waals surface area contributed by atoms with Crippen molar-refractivity contribution in [1.82, 2.24) is 0 Å². The average molecular weight is 386 g/mol. The second kappa shape index (κ2) is 8.19. The lowest BCUT2D eigenvalue weighted by Gasteiger charge is -2.12. The average Bonchev–Trinajstić information content (AvgIpc) is 3.53. The summed E-state index contributed by atoms with van der Waals surface area (Å²) in [5.41, 5.74) is 2.46. The molecule has 0 heterocycles. The Labute approximate surface area is 169 Å². The molecular weight excluding hydrogens is 364 g/mol. The van der Waals surface area contributed by atoms with Crippen LogP contribution in [0, 0.1) is 18.8 Å². The molecule has 1 fully saturated rings. The minimum absolute atomic E-state index is 0.122. The van der Waals surface area contributed by atoms with Crippen molar-refractivity contribution in [2.75, 3.05) is 10.6 Å². The van der Waals surface area contributed by atoms with Crippen LogP contribution in [0.1, 0.15) is 12.0 Å². The molecule has 2 atom stereocenters. The maximum Gasteiger partial charge on any atom is 0.228 e. The van der Waals surface area contributed by atoms with E-state index in [0.29, 0.717) is 23.6 Å². The first kappa shape index (κ1) is 18.7. The Hall–Kier alpha value is -3.60. The van der Waals surface area contributed by atoms with Crippen LogP contribution in [-0.4, -0.2) is 11.8 Å². The van der Waals surface area contributed by atoms with Gasteiger partial charge in [-0.25, -0.2) is 0 Å². The number of ether oxygens (including phenoxy) is 1. The first-order valence-corrected chi connectivity index (χ1v) is 9.60. The van der Waals surface area contributed by atoms with Gasteiger partial charge in [0.25, 0.3) is 0 Å². The molecule has 4 rings (SSSR count). The Balaban J connectivity index is 1.37. The molecular formula is C24H22N2O3. The highest BCUT2D eigenvalue weighted by molar-refractivity contribution is 6.03. The van der Waals surface area contributed by atoms with Gasteiger partial charge in [-0.3, -0.25) is 9.59 Å². The molecule has 0 spiro atoms. The number of nitrogens with one attached hydrogen (secondary N) is 2. The van der Waals surface area contributed by atoms with Gasteiger partial charge in [0.1, 0.15) is 5.75 Å². The molecule has 1 saturated carbocycles. The molecule has 5 nitrogen and oxygen atoms in total. The summed E-state index contributed by atoms with van der Waals surface area (Å²) in [7, 11) is 0. The van der Waals surface area contributed by atoms with Crippen LogP contribution < -0.4 is 15.4 Å². The summed E-state index contributed by atoms with van der Waals surface area (Å²) in [6.07, 6.45) is 0.547. The van der Waals surface area contributed by atoms with Crippen molar-refractivity contribution >= 4 is 23.2 Å². The molecule has 1 aliphatic rings. The molecule has 5 heteroatoms. The van der Waals surface area contributed by atoms with Crippen molar-refractivity contribution in [3.63, 3.8) is 0 Å². The fourth-order valence-electron chi connectivity index (χ4n) is 3.15. The van der Waals surface area contributed by atoms with Crippen LogP contribution in [0.5, 0.6) is 11.5 Å². The molecule has 0 aromatic heterocycles. The lowest BCUT2D eigenvalue weighted by atomic mass is 10.2. The van der Waals surface area contributed by atoms with Crippen molar-refractivity contribution in [2.45, 2.75) is 13.3 Å². The highest BCUT2D eigenvalue weighted by Crippen LogP contribution is 2.41. The predicted octanol–water partition coefficient (Wildman–Crippen LogP) is 5.00. The lowest BCUT2D eigenvalue weighted by molar-refractivity contribution is -0.122. The Kier molecular flexibility index (Phi) is 5.29. The summed E-state index contributed by atoms with van der Waals surface area (Å²) in [4.78, 5) is 25.1. The summed E-state index contributed by atoms with van der Waals surface area (Å²) < 4.78 is 5.88. The van der Waals surface area contributed by atoms with Crippen molar-refractivity contribution in [2.24, 2.45) is 11.8 Å². The molecule has 2 amide bonds. The number of carbonyl (C=O) groups is 2. The summed E-state index contributed by atoms with van der Waals surface area (Å²) in [6.45, 7) is 1.99. The Morgan fingerprint density at radius 1 is 0.793 bits per heavy atom. The van der Waals surface area contributed by atoms with Gasteiger partial charge >= 0.3 is 0 Å². The van der Waals surface area contributed by atoms with Crippen LogP contribution in [0.15, 0.2) is 78.9 Å². The first-order chi connectivity index (χ1) is 14.1. The van der Waals surface area contributed by atoms with E-state index in [4.69, 9.17) is 4.74 Å². The van der Waals surface area contributed by atoms with E-state index in [-0.39, 0.29) is 23.7 Å². The molecule has 0 aliphatic heterocycles. The second-order valence-electron chi connectivity index (χ2n) is 7.20. The molecule has 2 unspecified atom stereocenters. The van der Waals surface area contributed by atoms with E-state index < -0.39 is 0 Å². The Morgan fingerprint density at radius 2 is 1.41 bits per heavy atom. The Bertz CT molecular complexity index is 1020. The zero-order valence-electron chi connectivity index (χ0n) is 16.1. The van der Waals surface area contributed by atoms with Gasteiger partial charge < -0.3 is 15.4 Å². The van der Waals surface area contributed by atoms with Gasteiger partial charge in [0.15, 0.2) is 5.75 Å². The van der Waals surface area contributed by atoms with Gasteiger partial charge in [0, 0.05) is 5.69 Å². The van der Waals surface area contributed by atoms with Crippen molar-refractivity contribution in [3.05, 3.63) is 84.4 Å². The van der Waals surface area contributed by atoms with E-state index >= 15 is 0 Å². The molecule has 0 bridgehead atoms. The molecule has 1 aliphatic carbocycles. The van der Waals surface area contributed by atoms with Crippen LogP contribution in [0.4, 0.5) is 11.4 Å². The van der Waals surface area contributed by atoms with Gasteiger partial charge in [-0.2, -0.15) is 0 Å². The van der Waals surface area contributed by atoms with Gasteiger partial charge in [-0.1, -0.05) is 48.0 Å². The first-order valence-electron chi connectivity index (χ1n) is 9.60. The highest BCUT2D eigenvalue weighted by Gasteiger charge is 2.48. The highest BCUT2D eigenvalue weighted by atomic mass is 16.5. The molecule has 3 aromatic carbocycles. The van der Waals surface area contributed by atoms with Crippen LogP contribution in [0.25, 0.3) is 0 Å². The summed E-state index contributed by atoms with van der Waals surface area (Å²) >= 11 is 0. The standard InChI is InChI=1S/C24H22N2O3/c1-16-11-13-17(14-12-16)25-23(27)19-15-20(19)24(28)26-21-9-5-6-10-22(21)29-18-7-3-2-4-8-18/h2-14,19-20H,15H2,1H3,(H,25,27)(H,26,28).